The maximum atomic E-state index is 13.2. The van der Waals surface area contributed by atoms with Crippen molar-refractivity contribution in [3.8, 4) is 0 Å². The number of ether oxygens (including phenoxy) is 1. The molecule has 0 N–H and O–H groups in total. The molecule has 0 aromatic heterocycles. The number of carbonyl (C=O) groups is 1. The Morgan fingerprint density at radius 1 is 0.818 bits per heavy atom. The van der Waals surface area contributed by atoms with Gasteiger partial charge < -0.3 is 14.5 Å². The molecule has 0 bridgehead atoms. The summed E-state index contributed by atoms with van der Waals surface area (Å²) < 4.78 is 33.5. The molecule has 0 spiro atoms. The molecule has 3 heterocycles. The molecule has 0 unspecified atom stereocenters. The minimum Gasteiger partial charge on any atom is -0.378 e. The summed E-state index contributed by atoms with van der Waals surface area (Å²) in [6.45, 7) is 5.65. The topological polar surface area (TPSA) is 70.2 Å². The summed E-state index contributed by atoms with van der Waals surface area (Å²) in [6, 6.07) is 13.6. The Hall–Kier alpha value is -2.00. The van der Waals surface area contributed by atoms with Crippen LogP contribution >= 0.6 is 0 Å². The van der Waals surface area contributed by atoms with Crippen LogP contribution in [-0.4, -0.2) is 87.0 Å². The van der Waals surface area contributed by atoms with Crippen LogP contribution in [0.5, 0.6) is 0 Å². The molecular weight excluding hydrogens is 438 g/mol. The molecule has 2 aromatic rings. The van der Waals surface area contributed by atoms with Crippen molar-refractivity contribution in [2.24, 2.45) is 5.92 Å². The van der Waals surface area contributed by atoms with Gasteiger partial charge in [0, 0.05) is 38.1 Å². The van der Waals surface area contributed by atoms with Gasteiger partial charge in [0.05, 0.1) is 18.1 Å². The second kappa shape index (κ2) is 9.70. The van der Waals surface area contributed by atoms with Gasteiger partial charge in [-0.05, 0) is 61.7 Å². The average Bonchev–Trinajstić information content (AvgIpc) is 2.88. The van der Waals surface area contributed by atoms with Crippen molar-refractivity contribution in [1.82, 2.24) is 14.1 Å². The minimum absolute atomic E-state index is 0.118. The van der Waals surface area contributed by atoms with Crippen LogP contribution in [0.4, 0.5) is 0 Å². The van der Waals surface area contributed by atoms with Crippen LogP contribution in [0.25, 0.3) is 10.8 Å². The molecule has 3 aliphatic heterocycles. The molecule has 3 saturated heterocycles. The third kappa shape index (κ3) is 4.80. The highest BCUT2D eigenvalue weighted by Crippen LogP contribution is 2.28. The van der Waals surface area contributed by atoms with E-state index >= 15 is 0 Å². The van der Waals surface area contributed by atoms with Crippen molar-refractivity contribution >= 4 is 26.7 Å². The van der Waals surface area contributed by atoms with Gasteiger partial charge in [-0.15, -0.1) is 0 Å². The van der Waals surface area contributed by atoms with Crippen molar-refractivity contribution < 1.29 is 17.9 Å². The summed E-state index contributed by atoms with van der Waals surface area (Å²) in [5.74, 6) is 0.405. The van der Waals surface area contributed by atoms with E-state index in [2.05, 4.69) is 4.90 Å². The van der Waals surface area contributed by atoms with Crippen LogP contribution in [0.3, 0.4) is 0 Å². The number of piperidine rings is 2. The lowest BCUT2D eigenvalue weighted by Crippen LogP contribution is -2.51. The second-order valence-corrected chi connectivity index (χ2v) is 11.3. The summed E-state index contributed by atoms with van der Waals surface area (Å²) in [5, 5.41) is 1.99. The number of hydrogen-bond acceptors (Lipinski definition) is 5. The Labute approximate surface area is 196 Å². The van der Waals surface area contributed by atoms with Gasteiger partial charge in [-0.3, -0.25) is 4.79 Å². The van der Waals surface area contributed by atoms with E-state index in [0.717, 1.165) is 49.5 Å². The highest BCUT2D eigenvalue weighted by atomic mass is 32.2. The number of amides is 1. The summed E-state index contributed by atoms with van der Waals surface area (Å²) in [7, 11) is -3.49. The summed E-state index contributed by atoms with van der Waals surface area (Å²) in [5.41, 5.74) is 0. The normalized spacial score (nSPS) is 22.6. The fraction of sp³-hybridized carbons (Fsp3) is 0.560. The van der Waals surface area contributed by atoms with Crippen molar-refractivity contribution in [2.75, 3.05) is 52.5 Å². The molecule has 178 valence electrons. The van der Waals surface area contributed by atoms with Crippen LogP contribution in [0.1, 0.15) is 25.7 Å². The molecule has 3 aliphatic rings. The minimum atomic E-state index is -3.49. The Morgan fingerprint density at radius 3 is 2.18 bits per heavy atom. The first-order valence-corrected chi connectivity index (χ1v) is 13.6. The highest BCUT2D eigenvalue weighted by Gasteiger charge is 2.35. The smallest absolute Gasteiger partial charge is 0.243 e. The molecule has 0 radical (unpaired) electrons. The maximum Gasteiger partial charge on any atom is 0.243 e. The van der Waals surface area contributed by atoms with Crippen LogP contribution in [0.15, 0.2) is 47.4 Å². The van der Waals surface area contributed by atoms with E-state index in [0.29, 0.717) is 50.3 Å². The van der Waals surface area contributed by atoms with E-state index in [4.69, 9.17) is 4.74 Å². The first kappa shape index (κ1) is 22.8. The molecular formula is C25H33N3O4S. The molecule has 8 heteroatoms. The van der Waals surface area contributed by atoms with Crippen LogP contribution in [0, 0.1) is 5.92 Å². The number of rotatable bonds is 4. The molecule has 5 rings (SSSR count). The summed E-state index contributed by atoms with van der Waals surface area (Å²) >= 11 is 0. The van der Waals surface area contributed by atoms with Crippen LogP contribution < -0.4 is 0 Å². The number of likely N-dealkylation sites (tertiary alicyclic amines) is 1. The molecule has 33 heavy (non-hydrogen) atoms. The van der Waals surface area contributed by atoms with Crippen molar-refractivity contribution in [3.63, 3.8) is 0 Å². The lowest BCUT2D eigenvalue weighted by atomic mass is 9.92. The molecule has 0 saturated carbocycles. The Bertz CT molecular complexity index is 1080. The lowest BCUT2D eigenvalue weighted by molar-refractivity contribution is -0.141. The molecule has 0 aliphatic carbocycles. The van der Waals surface area contributed by atoms with Gasteiger partial charge >= 0.3 is 0 Å². The lowest BCUT2D eigenvalue weighted by Gasteiger charge is -2.42. The highest BCUT2D eigenvalue weighted by molar-refractivity contribution is 7.89. The fourth-order valence-corrected chi connectivity index (χ4v) is 6.98. The summed E-state index contributed by atoms with van der Waals surface area (Å²) in [4.78, 5) is 17.6. The van der Waals surface area contributed by atoms with E-state index in [1.54, 1.807) is 16.4 Å². The monoisotopic (exact) mass is 471 g/mol. The van der Waals surface area contributed by atoms with Crippen molar-refractivity contribution in [3.05, 3.63) is 42.5 Å². The number of hydrogen-bond donors (Lipinski definition) is 0. The maximum absolute atomic E-state index is 13.2. The zero-order valence-corrected chi connectivity index (χ0v) is 19.9. The third-order valence-corrected chi connectivity index (χ3v) is 9.39. The number of fused-ring (bicyclic) bond motifs is 1. The predicted octanol–water partition coefficient (Wildman–Crippen LogP) is 2.56. The van der Waals surface area contributed by atoms with Gasteiger partial charge in [0.15, 0.2) is 0 Å². The number of morpholine rings is 1. The van der Waals surface area contributed by atoms with Crippen molar-refractivity contribution in [1.29, 1.82) is 0 Å². The largest absolute Gasteiger partial charge is 0.378 e. The number of nitrogens with zero attached hydrogens (tertiary/aromatic N) is 3. The summed E-state index contributed by atoms with van der Waals surface area (Å²) in [6.07, 6.45) is 3.47. The Balaban J connectivity index is 1.15. The second-order valence-electron chi connectivity index (χ2n) is 9.39. The quantitative estimate of drug-likeness (QED) is 0.686. The standard InChI is InChI=1S/C25H33N3O4S/c29-25(27-15-17-32-18-16-27)21-7-11-26(12-8-21)23-9-13-28(14-10-23)33(30,31)24-6-5-20-3-1-2-4-22(20)19-24/h1-6,19,21,23H,7-18H2. The van der Waals surface area contributed by atoms with E-state index < -0.39 is 10.0 Å². The third-order valence-electron chi connectivity index (χ3n) is 7.50. The molecule has 0 atom stereocenters. The van der Waals surface area contributed by atoms with E-state index in [-0.39, 0.29) is 11.8 Å². The number of benzene rings is 2. The predicted molar refractivity (Wildman–Crippen MR) is 127 cm³/mol. The first-order chi connectivity index (χ1) is 16.0. The van der Waals surface area contributed by atoms with Gasteiger partial charge in [-0.2, -0.15) is 4.31 Å². The van der Waals surface area contributed by atoms with Gasteiger partial charge in [0.25, 0.3) is 0 Å². The number of sulfonamides is 1. The Kier molecular flexibility index (Phi) is 6.69. The zero-order chi connectivity index (χ0) is 22.8. The average molecular weight is 472 g/mol. The van der Waals surface area contributed by atoms with Crippen molar-refractivity contribution in [2.45, 2.75) is 36.6 Å². The molecule has 1 amide bonds. The first-order valence-electron chi connectivity index (χ1n) is 12.1. The zero-order valence-electron chi connectivity index (χ0n) is 19.1. The van der Waals surface area contributed by atoms with E-state index in [9.17, 15) is 13.2 Å². The van der Waals surface area contributed by atoms with E-state index in [1.807, 2.05) is 35.2 Å². The molecule has 3 fully saturated rings. The molecule has 2 aromatic carbocycles. The fourth-order valence-electron chi connectivity index (χ4n) is 5.48. The van der Waals surface area contributed by atoms with Crippen LogP contribution in [-0.2, 0) is 19.6 Å². The number of carbonyl (C=O) groups excluding carboxylic acids is 1. The van der Waals surface area contributed by atoms with Gasteiger partial charge in [0.1, 0.15) is 0 Å². The SMILES string of the molecule is O=C(C1CCN(C2CCN(S(=O)(=O)c3ccc4ccccc4c3)CC2)CC1)N1CCOCC1. The van der Waals surface area contributed by atoms with E-state index in [1.165, 1.54) is 0 Å². The molecule has 7 nitrogen and oxygen atoms in total. The van der Waals surface area contributed by atoms with Gasteiger partial charge in [-0.25, -0.2) is 8.42 Å². The van der Waals surface area contributed by atoms with Gasteiger partial charge in [-0.1, -0.05) is 30.3 Å². The Morgan fingerprint density at radius 2 is 1.48 bits per heavy atom. The van der Waals surface area contributed by atoms with Gasteiger partial charge in [0.2, 0.25) is 15.9 Å². The van der Waals surface area contributed by atoms with Crippen LogP contribution in [0.2, 0.25) is 0 Å².